The topological polar surface area (TPSA) is 101 Å². The lowest BCUT2D eigenvalue weighted by molar-refractivity contribution is -0.149. The second kappa shape index (κ2) is 4.68. The quantitative estimate of drug-likeness (QED) is 0.701. The number of carboxylic acid groups (broad SMARTS) is 2. The van der Waals surface area contributed by atoms with Gasteiger partial charge < -0.3 is 15.9 Å². The molecule has 0 fully saturated rings. The Morgan fingerprint density at radius 3 is 2.72 bits per heavy atom. The van der Waals surface area contributed by atoms with Gasteiger partial charge in [0.1, 0.15) is 0 Å². The second-order valence-corrected chi connectivity index (χ2v) is 4.65. The first-order valence-electron chi connectivity index (χ1n) is 5.82. The number of carboxylic acids is 2. The van der Waals surface area contributed by atoms with Crippen molar-refractivity contribution in [1.29, 1.82) is 0 Å². The molecule has 1 aromatic carbocycles. The van der Waals surface area contributed by atoms with Gasteiger partial charge in [-0.25, -0.2) is 0 Å². The first kappa shape index (κ1) is 12.4. The summed E-state index contributed by atoms with van der Waals surface area (Å²) in [5.74, 6) is -3.22. The van der Waals surface area contributed by atoms with Crippen LogP contribution < -0.4 is 5.73 Å². The summed E-state index contributed by atoms with van der Waals surface area (Å²) in [5, 5.41) is 18.0. The van der Waals surface area contributed by atoms with E-state index in [1.807, 2.05) is 12.1 Å². The van der Waals surface area contributed by atoms with Crippen LogP contribution in [0.3, 0.4) is 0 Å². The lowest BCUT2D eigenvalue weighted by Gasteiger charge is -2.18. The van der Waals surface area contributed by atoms with Gasteiger partial charge in [-0.1, -0.05) is 6.07 Å². The zero-order chi connectivity index (χ0) is 13.3. The number of rotatable bonds is 4. The van der Waals surface area contributed by atoms with Crippen LogP contribution in [-0.2, 0) is 16.0 Å². The van der Waals surface area contributed by atoms with Crippen molar-refractivity contribution in [3.8, 4) is 0 Å². The summed E-state index contributed by atoms with van der Waals surface area (Å²) in [6.45, 7) is 0. The van der Waals surface area contributed by atoms with E-state index in [4.69, 9.17) is 10.8 Å². The van der Waals surface area contributed by atoms with Gasteiger partial charge in [0.25, 0.3) is 0 Å². The SMILES string of the molecule is Nc1ccc2c(c1)CCC2C(CC(=O)O)C(=O)O. The molecule has 96 valence electrons. The van der Waals surface area contributed by atoms with Gasteiger partial charge in [0.05, 0.1) is 12.3 Å². The van der Waals surface area contributed by atoms with E-state index in [0.29, 0.717) is 12.1 Å². The fourth-order valence-electron chi connectivity index (χ4n) is 2.68. The predicted molar refractivity (Wildman–Crippen MR) is 65.3 cm³/mol. The number of hydrogen-bond donors (Lipinski definition) is 3. The molecule has 4 N–H and O–H groups in total. The van der Waals surface area contributed by atoms with Crippen LogP contribution in [-0.4, -0.2) is 22.2 Å². The van der Waals surface area contributed by atoms with Crippen molar-refractivity contribution in [3.05, 3.63) is 29.3 Å². The Hall–Kier alpha value is -2.04. The molecule has 0 saturated heterocycles. The molecule has 5 heteroatoms. The van der Waals surface area contributed by atoms with E-state index in [-0.39, 0.29) is 12.3 Å². The highest BCUT2D eigenvalue weighted by Crippen LogP contribution is 2.40. The summed E-state index contributed by atoms with van der Waals surface area (Å²) < 4.78 is 0. The standard InChI is InChI=1S/C13H15NO4/c14-8-2-4-9-7(5-8)1-3-10(9)11(13(17)18)6-12(15)16/h2,4-5,10-11H,1,3,6,14H2,(H,15,16)(H,17,18). The van der Waals surface area contributed by atoms with E-state index >= 15 is 0 Å². The third-order valence-electron chi connectivity index (χ3n) is 3.49. The minimum Gasteiger partial charge on any atom is -0.481 e. The highest BCUT2D eigenvalue weighted by Gasteiger charge is 2.35. The van der Waals surface area contributed by atoms with E-state index < -0.39 is 17.9 Å². The summed E-state index contributed by atoms with van der Waals surface area (Å²) in [6, 6.07) is 5.39. The van der Waals surface area contributed by atoms with Crippen molar-refractivity contribution >= 4 is 17.6 Å². The number of nitrogens with two attached hydrogens (primary N) is 1. The van der Waals surface area contributed by atoms with Gasteiger partial charge in [0, 0.05) is 5.69 Å². The number of aliphatic carboxylic acids is 2. The van der Waals surface area contributed by atoms with Crippen molar-refractivity contribution in [2.75, 3.05) is 5.73 Å². The normalized spacial score (nSPS) is 19.2. The number of hydrogen-bond acceptors (Lipinski definition) is 3. The van der Waals surface area contributed by atoms with Crippen molar-refractivity contribution in [2.45, 2.75) is 25.2 Å². The van der Waals surface area contributed by atoms with Crippen molar-refractivity contribution in [2.24, 2.45) is 5.92 Å². The van der Waals surface area contributed by atoms with Gasteiger partial charge in [0.2, 0.25) is 0 Å². The molecule has 18 heavy (non-hydrogen) atoms. The van der Waals surface area contributed by atoms with Crippen molar-refractivity contribution in [3.63, 3.8) is 0 Å². The van der Waals surface area contributed by atoms with E-state index in [9.17, 15) is 14.7 Å². The molecule has 0 amide bonds. The molecule has 0 bridgehead atoms. The van der Waals surface area contributed by atoms with Crippen LogP contribution in [0.5, 0.6) is 0 Å². The fraction of sp³-hybridized carbons (Fsp3) is 0.385. The molecule has 0 aromatic heterocycles. The van der Waals surface area contributed by atoms with Crippen LogP contribution in [0.1, 0.15) is 29.9 Å². The lowest BCUT2D eigenvalue weighted by Crippen LogP contribution is -2.23. The smallest absolute Gasteiger partial charge is 0.307 e. The number of nitrogen functional groups attached to an aromatic ring is 1. The molecular weight excluding hydrogens is 234 g/mol. The maximum Gasteiger partial charge on any atom is 0.307 e. The summed E-state index contributed by atoms with van der Waals surface area (Å²) in [4.78, 5) is 22.0. The van der Waals surface area contributed by atoms with Crippen LogP contribution in [0.15, 0.2) is 18.2 Å². The molecule has 0 radical (unpaired) electrons. The van der Waals surface area contributed by atoms with Crippen LogP contribution in [0.2, 0.25) is 0 Å². The molecule has 0 heterocycles. The van der Waals surface area contributed by atoms with Crippen LogP contribution >= 0.6 is 0 Å². The monoisotopic (exact) mass is 249 g/mol. The largest absolute Gasteiger partial charge is 0.481 e. The molecule has 1 aliphatic rings. The zero-order valence-corrected chi connectivity index (χ0v) is 9.80. The summed E-state index contributed by atoms with van der Waals surface area (Å²) >= 11 is 0. The third kappa shape index (κ3) is 2.30. The van der Waals surface area contributed by atoms with Gasteiger partial charge in [-0.3, -0.25) is 9.59 Å². The molecule has 0 spiro atoms. The molecule has 0 saturated carbocycles. The minimum atomic E-state index is -1.08. The highest BCUT2D eigenvalue weighted by atomic mass is 16.4. The zero-order valence-electron chi connectivity index (χ0n) is 9.80. The average Bonchev–Trinajstić information content (AvgIpc) is 2.67. The molecule has 2 unspecified atom stereocenters. The van der Waals surface area contributed by atoms with E-state index in [1.54, 1.807) is 6.07 Å². The first-order chi connectivity index (χ1) is 8.49. The Labute approximate surface area is 104 Å². The molecule has 2 rings (SSSR count). The predicted octanol–water partition coefficient (Wildman–Crippen LogP) is 1.47. The average molecular weight is 249 g/mol. The number of benzene rings is 1. The maximum atomic E-state index is 11.2. The Kier molecular flexibility index (Phi) is 3.23. The van der Waals surface area contributed by atoms with Gasteiger partial charge >= 0.3 is 11.9 Å². The fourth-order valence-corrected chi connectivity index (χ4v) is 2.68. The number of fused-ring (bicyclic) bond motifs is 1. The molecule has 2 atom stereocenters. The summed E-state index contributed by atoms with van der Waals surface area (Å²) in [7, 11) is 0. The lowest BCUT2D eigenvalue weighted by atomic mass is 9.85. The van der Waals surface area contributed by atoms with Crippen molar-refractivity contribution in [1.82, 2.24) is 0 Å². The van der Waals surface area contributed by atoms with E-state index in [0.717, 1.165) is 17.5 Å². The Balaban J connectivity index is 2.30. The van der Waals surface area contributed by atoms with Crippen LogP contribution in [0, 0.1) is 5.92 Å². The summed E-state index contributed by atoms with van der Waals surface area (Å²) in [5.41, 5.74) is 8.30. The number of anilines is 1. The minimum absolute atomic E-state index is 0.228. The molecule has 0 aliphatic heterocycles. The third-order valence-corrected chi connectivity index (χ3v) is 3.49. The van der Waals surface area contributed by atoms with Gasteiger partial charge in [-0.2, -0.15) is 0 Å². The molecule has 1 aromatic rings. The summed E-state index contributed by atoms with van der Waals surface area (Å²) in [6.07, 6.45) is 1.08. The molecule has 1 aliphatic carbocycles. The van der Waals surface area contributed by atoms with Crippen LogP contribution in [0.25, 0.3) is 0 Å². The molecule has 5 nitrogen and oxygen atoms in total. The van der Waals surface area contributed by atoms with Crippen molar-refractivity contribution < 1.29 is 19.8 Å². The number of aryl methyl sites for hydroxylation is 1. The second-order valence-electron chi connectivity index (χ2n) is 4.65. The Morgan fingerprint density at radius 2 is 2.11 bits per heavy atom. The first-order valence-corrected chi connectivity index (χ1v) is 5.82. The Morgan fingerprint density at radius 1 is 1.39 bits per heavy atom. The number of carbonyl (C=O) groups is 2. The van der Waals surface area contributed by atoms with Gasteiger partial charge in [-0.05, 0) is 42.0 Å². The maximum absolute atomic E-state index is 11.2. The van der Waals surface area contributed by atoms with Crippen LogP contribution in [0.4, 0.5) is 5.69 Å². The van der Waals surface area contributed by atoms with E-state index in [1.165, 1.54) is 0 Å². The highest BCUT2D eigenvalue weighted by molar-refractivity contribution is 5.79. The van der Waals surface area contributed by atoms with E-state index in [2.05, 4.69) is 0 Å². The van der Waals surface area contributed by atoms with Gasteiger partial charge in [0.15, 0.2) is 0 Å². The van der Waals surface area contributed by atoms with Gasteiger partial charge in [-0.15, -0.1) is 0 Å². The molecular formula is C13H15NO4. The Bertz CT molecular complexity index is 498.